The molecule has 1 aliphatic heterocycles. The molecule has 1 N–H and O–H groups in total. The van der Waals surface area contributed by atoms with Gasteiger partial charge in [-0.3, -0.25) is 4.90 Å². The third-order valence-corrected chi connectivity index (χ3v) is 6.49. The Morgan fingerprint density at radius 3 is 2.73 bits per heavy atom. The van der Waals surface area contributed by atoms with Crippen LogP contribution in [-0.2, 0) is 14.8 Å². The number of nitrogens with one attached hydrogen (secondary N) is 1. The summed E-state index contributed by atoms with van der Waals surface area (Å²) in [4.78, 5) is 2.25. The average Bonchev–Trinajstić information content (AvgIpc) is 2.76. The number of sulfonamides is 1. The van der Waals surface area contributed by atoms with Gasteiger partial charge in [0.15, 0.2) is 11.6 Å². The molecular weight excluding hydrogens is 407 g/mol. The highest BCUT2D eigenvalue weighted by atomic mass is 32.2. The quantitative estimate of drug-likeness (QED) is 0.579. The van der Waals surface area contributed by atoms with Crippen molar-refractivity contribution in [3.63, 3.8) is 0 Å². The van der Waals surface area contributed by atoms with Crippen molar-refractivity contribution in [3.05, 3.63) is 59.9 Å². The number of unbranched alkanes of at least 4 members (excludes halogenated alkanes) is 1. The van der Waals surface area contributed by atoms with E-state index in [0.29, 0.717) is 26.2 Å². The molecule has 2 aromatic carbocycles. The maximum atomic E-state index is 13.9. The molecule has 0 unspecified atom stereocenters. The Hall–Kier alpha value is -2.00. The van der Waals surface area contributed by atoms with E-state index in [9.17, 15) is 12.8 Å². The lowest BCUT2D eigenvalue weighted by atomic mass is 10.1. The molecule has 164 valence electrons. The molecule has 2 aromatic rings. The minimum Gasteiger partial charge on any atom is -0.491 e. The van der Waals surface area contributed by atoms with Crippen molar-refractivity contribution >= 4 is 10.0 Å². The van der Waals surface area contributed by atoms with Crippen molar-refractivity contribution in [1.29, 1.82) is 0 Å². The van der Waals surface area contributed by atoms with E-state index in [-0.39, 0.29) is 16.7 Å². The first kappa shape index (κ1) is 22.7. The van der Waals surface area contributed by atoms with Gasteiger partial charge in [0, 0.05) is 19.6 Å². The van der Waals surface area contributed by atoms with E-state index in [1.54, 1.807) is 6.92 Å². The van der Waals surface area contributed by atoms with Crippen LogP contribution in [0.3, 0.4) is 0 Å². The second-order valence-electron chi connectivity index (χ2n) is 7.20. The molecule has 0 aliphatic carbocycles. The van der Waals surface area contributed by atoms with Gasteiger partial charge in [-0.05, 0) is 50.1 Å². The SMILES string of the molecule is CCOc1ccc(S(=O)(=O)NCCCCN2CCO[C@H](c3ccccc3)C2)cc1F. The van der Waals surface area contributed by atoms with Crippen LogP contribution in [0.2, 0.25) is 0 Å². The van der Waals surface area contributed by atoms with Crippen molar-refractivity contribution in [3.8, 4) is 5.75 Å². The minimum absolute atomic E-state index is 0.0516. The summed E-state index contributed by atoms with van der Waals surface area (Å²) in [5.41, 5.74) is 1.18. The van der Waals surface area contributed by atoms with E-state index in [1.165, 1.54) is 17.7 Å². The highest BCUT2D eigenvalue weighted by Crippen LogP contribution is 2.22. The first-order chi connectivity index (χ1) is 14.5. The lowest BCUT2D eigenvalue weighted by Gasteiger charge is -2.33. The smallest absolute Gasteiger partial charge is 0.240 e. The van der Waals surface area contributed by atoms with Gasteiger partial charge < -0.3 is 9.47 Å². The molecule has 6 nitrogen and oxygen atoms in total. The fourth-order valence-corrected chi connectivity index (χ4v) is 4.53. The summed E-state index contributed by atoms with van der Waals surface area (Å²) < 4.78 is 52.2. The van der Waals surface area contributed by atoms with Gasteiger partial charge >= 0.3 is 0 Å². The first-order valence-electron chi connectivity index (χ1n) is 10.3. The van der Waals surface area contributed by atoms with Gasteiger partial charge in [-0.25, -0.2) is 17.5 Å². The summed E-state index contributed by atoms with van der Waals surface area (Å²) >= 11 is 0. The number of rotatable bonds is 10. The summed E-state index contributed by atoms with van der Waals surface area (Å²) in [5.74, 6) is -0.629. The molecule has 1 fully saturated rings. The van der Waals surface area contributed by atoms with Gasteiger partial charge in [-0.1, -0.05) is 30.3 Å². The second kappa shape index (κ2) is 10.9. The van der Waals surface area contributed by atoms with Gasteiger partial charge in [0.2, 0.25) is 10.0 Å². The number of ether oxygens (including phenoxy) is 2. The zero-order valence-corrected chi connectivity index (χ0v) is 18.0. The molecule has 0 amide bonds. The maximum absolute atomic E-state index is 13.9. The summed E-state index contributed by atoms with van der Waals surface area (Å²) in [6, 6.07) is 13.9. The normalized spacial score (nSPS) is 17.7. The third kappa shape index (κ3) is 6.25. The third-order valence-electron chi connectivity index (χ3n) is 5.03. The standard InChI is InChI=1S/C22H29FN2O4S/c1-2-28-21-11-10-19(16-20(21)23)30(26,27)24-12-6-7-13-25-14-15-29-22(17-25)18-8-4-3-5-9-18/h3-5,8-11,16,22,24H,2,6-7,12-15,17H2,1H3/t22-/m0/s1. The molecular formula is C22H29FN2O4S. The average molecular weight is 437 g/mol. The summed E-state index contributed by atoms with van der Waals surface area (Å²) in [7, 11) is -3.74. The topological polar surface area (TPSA) is 67.9 Å². The maximum Gasteiger partial charge on any atom is 0.240 e. The van der Waals surface area contributed by atoms with Gasteiger partial charge in [0.1, 0.15) is 0 Å². The highest BCUT2D eigenvalue weighted by Gasteiger charge is 2.21. The Bertz CT molecular complexity index is 909. The van der Waals surface area contributed by atoms with E-state index >= 15 is 0 Å². The molecule has 1 heterocycles. The van der Waals surface area contributed by atoms with Crippen LogP contribution in [0.5, 0.6) is 5.75 Å². The van der Waals surface area contributed by atoms with Crippen LogP contribution in [0.25, 0.3) is 0 Å². The number of morpholine rings is 1. The molecule has 3 rings (SSSR count). The molecule has 0 spiro atoms. The lowest BCUT2D eigenvalue weighted by molar-refractivity contribution is -0.0303. The van der Waals surface area contributed by atoms with Crippen molar-refractivity contribution in [2.75, 3.05) is 39.4 Å². The Balaban J connectivity index is 1.42. The zero-order chi connectivity index (χ0) is 21.4. The molecule has 1 atom stereocenters. The lowest BCUT2D eigenvalue weighted by Crippen LogP contribution is -2.39. The van der Waals surface area contributed by atoms with Crippen molar-refractivity contribution in [2.24, 2.45) is 0 Å². The Kier molecular flexibility index (Phi) is 8.21. The first-order valence-corrected chi connectivity index (χ1v) is 11.8. The Morgan fingerprint density at radius 2 is 2.00 bits per heavy atom. The molecule has 0 saturated carbocycles. The summed E-state index contributed by atoms with van der Waals surface area (Å²) in [6.07, 6.45) is 1.64. The van der Waals surface area contributed by atoms with Gasteiger partial charge in [-0.15, -0.1) is 0 Å². The molecule has 1 saturated heterocycles. The van der Waals surface area contributed by atoms with E-state index in [1.807, 2.05) is 18.2 Å². The van der Waals surface area contributed by atoms with E-state index in [2.05, 4.69) is 21.8 Å². The number of benzene rings is 2. The van der Waals surface area contributed by atoms with Crippen LogP contribution in [0.1, 0.15) is 31.4 Å². The number of halogens is 1. The van der Waals surface area contributed by atoms with Crippen molar-refractivity contribution in [2.45, 2.75) is 30.8 Å². The van der Waals surface area contributed by atoms with Crippen LogP contribution < -0.4 is 9.46 Å². The molecule has 0 aromatic heterocycles. The van der Waals surface area contributed by atoms with Gasteiger partial charge in [0.25, 0.3) is 0 Å². The number of hydrogen-bond acceptors (Lipinski definition) is 5. The van der Waals surface area contributed by atoms with Crippen LogP contribution in [0, 0.1) is 5.82 Å². The fraction of sp³-hybridized carbons (Fsp3) is 0.455. The predicted octanol–water partition coefficient (Wildman–Crippen LogP) is 3.36. The molecule has 0 bridgehead atoms. The monoisotopic (exact) mass is 436 g/mol. The minimum atomic E-state index is -3.74. The molecule has 0 radical (unpaired) electrons. The summed E-state index contributed by atoms with van der Waals surface area (Å²) in [5, 5.41) is 0. The molecule has 1 aliphatic rings. The van der Waals surface area contributed by atoms with Gasteiger partial charge in [0.05, 0.1) is 24.2 Å². The van der Waals surface area contributed by atoms with Crippen LogP contribution in [-0.4, -0.2) is 52.7 Å². The largest absolute Gasteiger partial charge is 0.491 e. The highest BCUT2D eigenvalue weighted by molar-refractivity contribution is 7.89. The Morgan fingerprint density at radius 1 is 1.20 bits per heavy atom. The summed E-state index contributed by atoms with van der Waals surface area (Å²) in [6.45, 7) is 5.65. The van der Waals surface area contributed by atoms with Crippen LogP contribution in [0.15, 0.2) is 53.4 Å². The second-order valence-corrected chi connectivity index (χ2v) is 8.97. The predicted molar refractivity (Wildman–Crippen MR) is 114 cm³/mol. The van der Waals surface area contributed by atoms with Gasteiger partial charge in [-0.2, -0.15) is 0 Å². The fourth-order valence-electron chi connectivity index (χ4n) is 3.45. The molecule has 8 heteroatoms. The molecule has 30 heavy (non-hydrogen) atoms. The van der Waals surface area contributed by atoms with E-state index < -0.39 is 15.8 Å². The zero-order valence-electron chi connectivity index (χ0n) is 17.2. The van der Waals surface area contributed by atoms with Crippen molar-refractivity contribution < 1.29 is 22.3 Å². The van der Waals surface area contributed by atoms with E-state index in [4.69, 9.17) is 9.47 Å². The number of nitrogens with zero attached hydrogens (tertiary/aromatic N) is 1. The van der Waals surface area contributed by atoms with E-state index in [0.717, 1.165) is 32.1 Å². The number of hydrogen-bond donors (Lipinski definition) is 1. The van der Waals surface area contributed by atoms with Crippen molar-refractivity contribution in [1.82, 2.24) is 9.62 Å². The van der Waals surface area contributed by atoms with Crippen LogP contribution >= 0.6 is 0 Å². The van der Waals surface area contributed by atoms with Crippen LogP contribution in [0.4, 0.5) is 4.39 Å². The Labute approximate surface area is 178 Å².